The van der Waals surface area contributed by atoms with Gasteiger partial charge in [0, 0.05) is 17.0 Å². The molecule has 1 aromatic carbocycles. The van der Waals surface area contributed by atoms with E-state index < -0.39 is 0 Å². The van der Waals surface area contributed by atoms with Gasteiger partial charge in [-0.2, -0.15) is 0 Å². The number of thiazole rings is 1. The Hall–Kier alpha value is -1.35. The second-order valence-corrected chi connectivity index (χ2v) is 4.85. The van der Waals surface area contributed by atoms with Gasteiger partial charge in [0.15, 0.2) is 0 Å². The van der Waals surface area contributed by atoms with E-state index in [0.29, 0.717) is 0 Å². The molecule has 2 nitrogen and oxygen atoms in total. The number of nitrogens with zero attached hydrogens (tertiary/aromatic N) is 1. The highest BCUT2D eigenvalue weighted by Crippen LogP contribution is 2.27. The van der Waals surface area contributed by atoms with Crippen LogP contribution in [0.5, 0.6) is 0 Å². The molecule has 0 unspecified atom stereocenters. The highest BCUT2D eigenvalue weighted by molar-refractivity contribution is 7.09. The van der Waals surface area contributed by atoms with Gasteiger partial charge in [-0.05, 0) is 18.6 Å². The van der Waals surface area contributed by atoms with E-state index in [-0.39, 0.29) is 0 Å². The normalized spacial score (nSPS) is 13.7. The third-order valence-corrected chi connectivity index (χ3v) is 3.66. The molecule has 0 atom stereocenters. The molecule has 2 heterocycles. The molecule has 1 N–H and O–H groups in total. The van der Waals surface area contributed by atoms with Crippen molar-refractivity contribution in [2.24, 2.45) is 0 Å². The van der Waals surface area contributed by atoms with Gasteiger partial charge in [-0.1, -0.05) is 17.7 Å². The van der Waals surface area contributed by atoms with E-state index in [1.54, 1.807) is 11.3 Å². The summed E-state index contributed by atoms with van der Waals surface area (Å²) in [4.78, 5) is 5.79. The Morgan fingerprint density at radius 1 is 1.40 bits per heavy atom. The number of hydrogen-bond donors (Lipinski definition) is 1. The number of anilines is 1. The van der Waals surface area contributed by atoms with Gasteiger partial charge in [0.2, 0.25) is 0 Å². The molecule has 2 aromatic rings. The Morgan fingerprint density at radius 2 is 2.33 bits per heavy atom. The molecular weight excluding hydrogens is 204 g/mol. The zero-order valence-electron chi connectivity index (χ0n) is 8.58. The molecule has 0 spiro atoms. The van der Waals surface area contributed by atoms with Crippen LogP contribution in [0.1, 0.15) is 21.7 Å². The van der Waals surface area contributed by atoms with Crippen LogP contribution in [0.4, 0.5) is 5.69 Å². The third kappa shape index (κ3) is 1.53. The van der Waals surface area contributed by atoms with Gasteiger partial charge in [-0.3, -0.25) is 0 Å². The van der Waals surface area contributed by atoms with Crippen LogP contribution >= 0.6 is 11.3 Å². The van der Waals surface area contributed by atoms with Crippen molar-refractivity contribution in [3.8, 4) is 0 Å². The minimum atomic E-state index is 0.913. The second-order valence-electron chi connectivity index (χ2n) is 3.91. The number of aryl methyl sites for hydroxylation is 1. The fourth-order valence-electron chi connectivity index (χ4n) is 1.98. The Balaban J connectivity index is 2.10. The maximum Gasteiger partial charge on any atom is 0.0798 e. The maximum absolute atomic E-state index is 4.42. The van der Waals surface area contributed by atoms with Gasteiger partial charge in [0.05, 0.1) is 17.7 Å². The van der Waals surface area contributed by atoms with Crippen LogP contribution in [0.15, 0.2) is 23.7 Å². The lowest BCUT2D eigenvalue weighted by molar-refractivity contribution is 1.08. The summed E-state index contributed by atoms with van der Waals surface area (Å²) in [6.45, 7) is 3.04. The monoisotopic (exact) mass is 216 g/mol. The summed E-state index contributed by atoms with van der Waals surface area (Å²) in [6, 6.07) is 6.57. The quantitative estimate of drug-likeness (QED) is 0.732. The van der Waals surface area contributed by atoms with Crippen LogP contribution in [0, 0.1) is 6.92 Å². The fraction of sp³-hybridized carbons (Fsp3) is 0.250. The molecule has 15 heavy (non-hydrogen) atoms. The minimum absolute atomic E-state index is 0.913. The Bertz CT molecular complexity index is 502. The topological polar surface area (TPSA) is 24.9 Å². The van der Waals surface area contributed by atoms with Crippen molar-refractivity contribution >= 4 is 17.0 Å². The summed E-state index contributed by atoms with van der Waals surface area (Å²) in [7, 11) is 0. The van der Waals surface area contributed by atoms with Gasteiger partial charge in [0.25, 0.3) is 0 Å². The molecule has 0 bridgehead atoms. The van der Waals surface area contributed by atoms with Crippen LogP contribution < -0.4 is 5.32 Å². The first-order valence-corrected chi connectivity index (χ1v) is 5.95. The summed E-state index contributed by atoms with van der Waals surface area (Å²) in [6.07, 6.45) is 0.961. The van der Waals surface area contributed by atoms with Crippen molar-refractivity contribution in [2.45, 2.75) is 19.9 Å². The molecular formula is C12H12N2S. The summed E-state index contributed by atoms with van der Waals surface area (Å²) in [5, 5.41) is 3.47. The Morgan fingerprint density at radius 3 is 3.27 bits per heavy atom. The van der Waals surface area contributed by atoms with E-state index in [4.69, 9.17) is 0 Å². The van der Waals surface area contributed by atoms with Crippen LogP contribution in [-0.2, 0) is 13.0 Å². The number of aromatic nitrogens is 1. The zero-order chi connectivity index (χ0) is 10.3. The number of rotatable bonds is 0. The first-order chi connectivity index (χ1) is 7.33. The summed E-state index contributed by atoms with van der Waals surface area (Å²) in [5.41, 5.74) is 7.10. The highest BCUT2D eigenvalue weighted by Gasteiger charge is 2.14. The van der Waals surface area contributed by atoms with E-state index >= 15 is 0 Å². The number of fused-ring (bicyclic) bond motifs is 2. The largest absolute Gasteiger partial charge is 0.380 e. The Labute approximate surface area is 93.0 Å². The predicted molar refractivity (Wildman–Crippen MR) is 63.4 cm³/mol. The van der Waals surface area contributed by atoms with E-state index in [1.807, 2.05) is 5.51 Å². The lowest BCUT2D eigenvalue weighted by Crippen LogP contribution is -1.97. The number of hydrogen-bond acceptors (Lipinski definition) is 3. The Kier molecular flexibility index (Phi) is 1.99. The predicted octanol–water partition coefficient (Wildman–Crippen LogP) is 2.97. The lowest BCUT2D eigenvalue weighted by Gasteiger charge is -2.07. The average molecular weight is 216 g/mol. The van der Waals surface area contributed by atoms with Crippen LogP contribution in [0.25, 0.3) is 0 Å². The summed E-state index contributed by atoms with van der Waals surface area (Å²) < 4.78 is 0. The molecule has 3 rings (SSSR count). The van der Waals surface area contributed by atoms with Gasteiger partial charge in [-0.25, -0.2) is 4.98 Å². The lowest BCUT2D eigenvalue weighted by atomic mass is 10.1. The van der Waals surface area contributed by atoms with E-state index in [2.05, 4.69) is 35.4 Å². The van der Waals surface area contributed by atoms with Crippen LogP contribution in [0.2, 0.25) is 0 Å². The first kappa shape index (κ1) is 8.92. The van der Waals surface area contributed by atoms with Crippen molar-refractivity contribution in [1.29, 1.82) is 0 Å². The van der Waals surface area contributed by atoms with Gasteiger partial charge in [0.1, 0.15) is 0 Å². The molecule has 0 radical (unpaired) electrons. The first-order valence-electron chi connectivity index (χ1n) is 5.07. The van der Waals surface area contributed by atoms with E-state index in [1.165, 1.54) is 27.4 Å². The third-order valence-electron chi connectivity index (χ3n) is 2.78. The minimum Gasteiger partial charge on any atom is -0.380 e. The molecule has 76 valence electrons. The smallest absolute Gasteiger partial charge is 0.0798 e. The summed E-state index contributed by atoms with van der Waals surface area (Å²) in [5.74, 6) is 0. The van der Waals surface area contributed by atoms with Crippen molar-refractivity contribution in [3.05, 3.63) is 45.4 Å². The molecule has 0 saturated carbocycles. The van der Waals surface area contributed by atoms with Gasteiger partial charge in [-0.15, -0.1) is 11.3 Å². The highest BCUT2D eigenvalue weighted by atomic mass is 32.1. The molecule has 1 aliphatic heterocycles. The molecule has 0 saturated heterocycles. The fourth-order valence-corrected chi connectivity index (χ4v) is 2.70. The van der Waals surface area contributed by atoms with Crippen molar-refractivity contribution in [1.82, 2.24) is 4.98 Å². The average Bonchev–Trinajstić information content (AvgIpc) is 2.58. The second kappa shape index (κ2) is 3.35. The van der Waals surface area contributed by atoms with E-state index in [0.717, 1.165) is 13.0 Å². The van der Waals surface area contributed by atoms with Crippen LogP contribution in [0.3, 0.4) is 0 Å². The number of nitrogens with one attached hydrogen (secondary N) is 1. The summed E-state index contributed by atoms with van der Waals surface area (Å²) >= 11 is 1.74. The molecule has 0 aliphatic carbocycles. The standard InChI is InChI=1S/C12H12N2S/c1-8-2-3-10-9(4-8)5-11-12(6-13-10)15-7-14-11/h2-4,7,13H,5-6H2,1H3. The van der Waals surface area contributed by atoms with Gasteiger partial charge >= 0.3 is 0 Å². The van der Waals surface area contributed by atoms with Crippen molar-refractivity contribution in [3.63, 3.8) is 0 Å². The van der Waals surface area contributed by atoms with Crippen LogP contribution in [-0.4, -0.2) is 4.98 Å². The maximum atomic E-state index is 4.42. The molecule has 1 aromatic heterocycles. The molecule has 1 aliphatic rings. The molecule has 0 amide bonds. The molecule has 0 fully saturated rings. The zero-order valence-corrected chi connectivity index (χ0v) is 9.40. The van der Waals surface area contributed by atoms with E-state index in [9.17, 15) is 0 Å². The molecule has 3 heteroatoms. The SMILES string of the molecule is Cc1ccc2c(c1)Cc1ncsc1CN2. The van der Waals surface area contributed by atoms with Crippen molar-refractivity contribution < 1.29 is 0 Å². The number of benzene rings is 1. The van der Waals surface area contributed by atoms with Crippen molar-refractivity contribution in [2.75, 3.05) is 5.32 Å². The van der Waals surface area contributed by atoms with Gasteiger partial charge < -0.3 is 5.32 Å².